The van der Waals surface area contributed by atoms with Crippen LogP contribution in [0.25, 0.3) is 0 Å². The van der Waals surface area contributed by atoms with Crippen molar-refractivity contribution in [2.45, 2.75) is 51.6 Å². The number of carbonyl (C=O) groups is 2. The zero-order chi connectivity index (χ0) is 35.7. The third-order valence-corrected chi connectivity index (χ3v) is 9.80. The molecule has 258 valence electrons. The first kappa shape index (κ1) is 36.6. The molecule has 0 aromatic heterocycles. The summed E-state index contributed by atoms with van der Waals surface area (Å²) in [6.45, 7) is 7.11. The monoisotopic (exact) mass is 686 g/mol. The number of rotatable bonds is 15. The van der Waals surface area contributed by atoms with Gasteiger partial charge in [-0.25, -0.2) is 8.42 Å². The van der Waals surface area contributed by atoms with E-state index in [0.29, 0.717) is 12.3 Å². The van der Waals surface area contributed by atoms with Crippen molar-refractivity contribution in [2.24, 2.45) is 5.92 Å². The lowest BCUT2D eigenvalue weighted by atomic mass is 10.0. The summed E-state index contributed by atoms with van der Waals surface area (Å²) in [5.74, 6) is -0.394. The van der Waals surface area contributed by atoms with E-state index >= 15 is 0 Å². The van der Waals surface area contributed by atoms with Gasteiger partial charge < -0.3 is 15.0 Å². The number of carbonyl (C=O) groups excluding carboxylic acids is 2. The van der Waals surface area contributed by atoms with E-state index in [-0.39, 0.29) is 46.6 Å². The van der Waals surface area contributed by atoms with Crippen LogP contribution >= 0.6 is 0 Å². The summed E-state index contributed by atoms with van der Waals surface area (Å²) in [5.41, 5.74) is 2.64. The summed E-state index contributed by atoms with van der Waals surface area (Å²) in [5, 5.41) is 14.7. The minimum Gasteiger partial charge on any atom is -0.497 e. The predicted octanol–water partition coefficient (Wildman–Crippen LogP) is 5.83. The Bertz CT molecular complexity index is 1860. The van der Waals surface area contributed by atoms with Gasteiger partial charge in [0.1, 0.15) is 18.3 Å². The van der Waals surface area contributed by atoms with Crippen molar-refractivity contribution in [1.29, 1.82) is 0 Å². The Morgan fingerprint density at radius 1 is 0.898 bits per heavy atom. The van der Waals surface area contributed by atoms with Crippen LogP contribution in [0.2, 0.25) is 0 Å². The third kappa shape index (κ3) is 9.44. The van der Waals surface area contributed by atoms with Crippen molar-refractivity contribution in [2.75, 3.05) is 24.5 Å². The van der Waals surface area contributed by atoms with Crippen molar-refractivity contribution in [3.63, 3.8) is 0 Å². The Kier molecular flexibility index (Phi) is 12.1. The highest BCUT2D eigenvalue weighted by atomic mass is 32.2. The summed E-state index contributed by atoms with van der Waals surface area (Å²) in [6.07, 6.45) is 0.182. The second-order valence-electron chi connectivity index (χ2n) is 12.3. The van der Waals surface area contributed by atoms with Gasteiger partial charge >= 0.3 is 0 Å². The molecule has 0 aliphatic heterocycles. The lowest BCUT2D eigenvalue weighted by Gasteiger charge is -2.34. The van der Waals surface area contributed by atoms with Crippen molar-refractivity contribution >= 4 is 33.2 Å². The zero-order valence-electron chi connectivity index (χ0n) is 28.3. The highest BCUT2D eigenvalue weighted by Crippen LogP contribution is 2.30. The molecule has 0 fully saturated rings. The maximum atomic E-state index is 14.6. The van der Waals surface area contributed by atoms with Crippen LogP contribution in [0.1, 0.15) is 36.1 Å². The average molecular weight is 687 g/mol. The van der Waals surface area contributed by atoms with Gasteiger partial charge in [0, 0.05) is 31.1 Å². The number of benzene rings is 4. The summed E-state index contributed by atoms with van der Waals surface area (Å²) < 4.78 is 34.8. The van der Waals surface area contributed by atoms with Crippen LogP contribution in [0.5, 0.6) is 5.75 Å². The van der Waals surface area contributed by atoms with Crippen LogP contribution in [0, 0.1) is 29.9 Å². The van der Waals surface area contributed by atoms with Gasteiger partial charge in [-0.3, -0.25) is 24.0 Å². The number of anilines is 1. The number of nitro benzene ring substituents is 1. The smallest absolute Gasteiger partial charge is 0.273 e. The summed E-state index contributed by atoms with van der Waals surface area (Å²) in [6, 6.07) is 25.6. The van der Waals surface area contributed by atoms with Gasteiger partial charge in [0.05, 0.1) is 22.6 Å². The fraction of sp³-hybridized carbons (Fsp3) is 0.297. The summed E-state index contributed by atoms with van der Waals surface area (Å²) in [4.78, 5) is 40.7. The number of nitro groups is 1. The van der Waals surface area contributed by atoms with Gasteiger partial charge in [0.15, 0.2) is 0 Å². The molecule has 4 rings (SSSR count). The van der Waals surface area contributed by atoms with E-state index in [0.717, 1.165) is 27.1 Å². The molecule has 1 atom stereocenters. The number of amides is 2. The number of aryl methyl sites for hydroxylation is 2. The normalized spacial score (nSPS) is 11.9. The molecule has 0 saturated heterocycles. The molecule has 4 aromatic rings. The molecule has 2 amide bonds. The largest absolute Gasteiger partial charge is 0.497 e. The van der Waals surface area contributed by atoms with Crippen LogP contribution in [-0.4, -0.2) is 56.3 Å². The Morgan fingerprint density at radius 2 is 1.55 bits per heavy atom. The second kappa shape index (κ2) is 16.2. The lowest BCUT2D eigenvalue weighted by Crippen LogP contribution is -2.53. The van der Waals surface area contributed by atoms with E-state index in [1.165, 1.54) is 43.2 Å². The van der Waals surface area contributed by atoms with Gasteiger partial charge in [-0.05, 0) is 61.2 Å². The Balaban J connectivity index is 1.83. The van der Waals surface area contributed by atoms with Crippen molar-refractivity contribution in [3.05, 3.63) is 129 Å². The molecule has 11 nitrogen and oxygen atoms in total. The third-order valence-electron chi connectivity index (χ3n) is 8.03. The molecule has 4 aromatic carbocycles. The summed E-state index contributed by atoms with van der Waals surface area (Å²) >= 11 is 0. The molecule has 0 aliphatic rings. The molecule has 0 bridgehead atoms. The average Bonchev–Trinajstić information content (AvgIpc) is 3.08. The first-order valence-corrected chi connectivity index (χ1v) is 17.3. The van der Waals surface area contributed by atoms with E-state index in [2.05, 4.69) is 5.32 Å². The SMILES string of the molecule is COc1ccc(N(CC(=O)N(Cc2ccc(C)cc2)[C@H](Cc2ccccc2)C(=O)NCC(C)C)S(=O)(=O)c2ccc(C)c([N+](=O)[O-])c2)cc1. The van der Waals surface area contributed by atoms with Crippen LogP contribution in [0.4, 0.5) is 11.4 Å². The van der Waals surface area contributed by atoms with Gasteiger partial charge in [-0.1, -0.05) is 80.1 Å². The highest BCUT2D eigenvalue weighted by Gasteiger charge is 2.35. The minimum absolute atomic E-state index is 0.0260. The zero-order valence-corrected chi connectivity index (χ0v) is 29.1. The molecular formula is C37H42N4O7S. The molecule has 49 heavy (non-hydrogen) atoms. The minimum atomic E-state index is -4.54. The highest BCUT2D eigenvalue weighted by molar-refractivity contribution is 7.92. The maximum Gasteiger partial charge on any atom is 0.273 e. The molecule has 0 heterocycles. The van der Waals surface area contributed by atoms with Crippen LogP contribution in [0.3, 0.4) is 0 Å². The van der Waals surface area contributed by atoms with Crippen LogP contribution in [-0.2, 0) is 32.6 Å². The van der Waals surface area contributed by atoms with Gasteiger partial charge in [-0.2, -0.15) is 0 Å². The number of ether oxygens (including phenoxy) is 1. The second-order valence-corrected chi connectivity index (χ2v) is 14.1. The summed E-state index contributed by atoms with van der Waals surface area (Å²) in [7, 11) is -3.07. The van der Waals surface area contributed by atoms with Crippen LogP contribution < -0.4 is 14.4 Å². The molecule has 1 N–H and O–H groups in total. The number of hydrogen-bond acceptors (Lipinski definition) is 7. The Morgan fingerprint density at radius 3 is 2.14 bits per heavy atom. The number of nitrogens with one attached hydrogen (secondary N) is 1. The Labute approximate surface area is 287 Å². The van der Waals surface area contributed by atoms with Gasteiger partial charge in [-0.15, -0.1) is 0 Å². The molecule has 0 unspecified atom stereocenters. The van der Waals surface area contributed by atoms with Crippen molar-refractivity contribution < 1.29 is 27.7 Å². The number of nitrogens with zero attached hydrogens (tertiary/aromatic N) is 3. The van der Waals surface area contributed by atoms with E-state index < -0.39 is 33.4 Å². The number of hydrogen-bond donors (Lipinski definition) is 1. The molecule has 0 spiro atoms. The van der Waals surface area contributed by atoms with Crippen molar-refractivity contribution in [1.82, 2.24) is 10.2 Å². The van der Waals surface area contributed by atoms with Gasteiger partial charge in [0.2, 0.25) is 11.8 Å². The fourth-order valence-corrected chi connectivity index (χ4v) is 6.65. The quantitative estimate of drug-likeness (QED) is 0.123. The van der Waals surface area contributed by atoms with Crippen molar-refractivity contribution in [3.8, 4) is 5.75 Å². The van der Waals surface area contributed by atoms with E-state index in [1.807, 2.05) is 75.4 Å². The van der Waals surface area contributed by atoms with Gasteiger partial charge in [0.25, 0.3) is 15.7 Å². The molecular weight excluding hydrogens is 644 g/mol. The molecule has 0 saturated carbocycles. The number of sulfonamides is 1. The van der Waals surface area contributed by atoms with E-state index in [4.69, 9.17) is 4.74 Å². The standard InChI is InChI=1S/C37H42N4O7S/c1-26(2)23-38-37(43)35(21-29-9-7-6-8-10-29)39(24-30-14-11-27(3)12-15-30)36(42)25-40(31-16-18-32(48-5)19-17-31)49(46,47)33-20-13-28(4)34(22-33)41(44)45/h6-20,22,26,35H,21,23-25H2,1-5H3,(H,38,43)/t35-/m1/s1. The predicted molar refractivity (Wildman–Crippen MR) is 189 cm³/mol. The first-order valence-electron chi connectivity index (χ1n) is 15.9. The topological polar surface area (TPSA) is 139 Å². The number of methoxy groups -OCH3 is 1. The molecule has 0 radical (unpaired) electrons. The van der Waals surface area contributed by atoms with Crippen LogP contribution in [0.15, 0.2) is 102 Å². The maximum absolute atomic E-state index is 14.6. The lowest BCUT2D eigenvalue weighted by molar-refractivity contribution is -0.385. The van der Waals surface area contributed by atoms with E-state index in [9.17, 15) is 28.1 Å². The molecule has 12 heteroatoms. The fourth-order valence-electron chi connectivity index (χ4n) is 5.22. The molecule has 0 aliphatic carbocycles. The Hall–Kier alpha value is -5.23. The van der Waals surface area contributed by atoms with E-state index in [1.54, 1.807) is 12.1 Å². The first-order chi connectivity index (χ1) is 23.3.